The average Bonchev–Trinajstić information content (AvgIpc) is 2.43. The molecule has 2 N–H and O–H groups in total. The summed E-state index contributed by atoms with van der Waals surface area (Å²) in [5, 5.41) is 0. The van der Waals surface area contributed by atoms with Gasteiger partial charge in [-0.15, -0.1) is 0 Å². The third-order valence-electron chi connectivity index (χ3n) is 4.54. The normalized spacial score (nSPS) is 23.2. The fourth-order valence-electron chi connectivity index (χ4n) is 2.91. The van der Waals surface area contributed by atoms with Crippen LogP contribution in [0.3, 0.4) is 0 Å². The molecule has 0 saturated carbocycles. The van der Waals surface area contributed by atoms with E-state index in [1.807, 2.05) is 0 Å². The number of piperazine rings is 1. The van der Waals surface area contributed by atoms with Crippen LogP contribution in [0.5, 0.6) is 0 Å². The molecule has 0 aliphatic carbocycles. The summed E-state index contributed by atoms with van der Waals surface area (Å²) in [5.41, 5.74) is 9.06. The van der Waals surface area contributed by atoms with Crippen molar-refractivity contribution in [3.8, 4) is 0 Å². The first-order chi connectivity index (χ1) is 9.47. The first-order valence-electron chi connectivity index (χ1n) is 7.71. The number of benzene rings is 1. The summed E-state index contributed by atoms with van der Waals surface area (Å²) in [5.74, 6) is 0.582. The molecule has 1 heterocycles. The van der Waals surface area contributed by atoms with Crippen molar-refractivity contribution in [2.24, 2.45) is 5.73 Å². The molecule has 0 bridgehead atoms. The molecule has 20 heavy (non-hydrogen) atoms. The van der Waals surface area contributed by atoms with Crippen LogP contribution in [-0.2, 0) is 0 Å². The SMILES string of the molecule is CC(C)c1ccc(C(N)CC2CN(C)CCN2C)cc1. The van der Waals surface area contributed by atoms with Gasteiger partial charge < -0.3 is 15.5 Å². The summed E-state index contributed by atoms with van der Waals surface area (Å²) in [7, 11) is 4.41. The van der Waals surface area contributed by atoms with Crippen LogP contribution in [0, 0.1) is 0 Å². The zero-order valence-corrected chi connectivity index (χ0v) is 13.3. The molecule has 1 fully saturated rings. The van der Waals surface area contributed by atoms with Crippen molar-refractivity contribution in [1.29, 1.82) is 0 Å². The van der Waals surface area contributed by atoms with Gasteiger partial charge in [0.2, 0.25) is 0 Å². The third-order valence-corrected chi connectivity index (χ3v) is 4.54. The van der Waals surface area contributed by atoms with Crippen molar-refractivity contribution >= 4 is 0 Å². The highest BCUT2D eigenvalue weighted by Crippen LogP contribution is 2.22. The van der Waals surface area contributed by atoms with Gasteiger partial charge in [-0.05, 0) is 37.6 Å². The van der Waals surface area contributed by atoms with Crippen LogP contribution >= 0.6 is 0 Å². The number of hydrogen-bond donors (Lipinski definition) is 1. The van der Waals surface area contributed by atoms with E-state index >= 15 is 0 Å². The molecule has 0 aromatic heterocycles. The maximum absolute atomic E-state index is 6.41. The van der Waals surface area contributed by atoms with Gasteiger partial charge in [0, 0.05) is 31.7 Å². The van der Waals surface area contributed by atoms with E-state index < -0.39 is 0 Å². The summed E-state index contributed by atoms with van der Waals surface area (Å²) >= 11 is 0. The Hall–Kier alpha value is -0.900. The van der Waals surface area contributed by atoms with Crippen molar-refractivity contribution in [3.05, 3.63) is 35.4 Å². The van der Waals surface area contributed by atoms with Gasteiger partial charge in [0.25, 0.3) is 0 Å². The zero-order chi connectivity index (χ0) is 14.7. The fraction of sp³-hybridized carbons (Fsp3) is 0.647. The highest BCUT2D eigenvalue weighted by atomic mass is 15.3. The van der Waals surface area contributed by atoms with Crippen LogP contribution in [0.25, 0.3) is 0 Å². The second-order valence-electron chi connectivity index (χ2n) is 6.56. The van der Waals surface area contributed by atoms with E-state index in [2.05, 4.69) is 62.0 Å². The Bertz CT molecular complexity index is 413. The predicted octanol–water partition coefficient (Wildman–Crippen LogP) is 2.45. The Kier molecular flexibility index (Phi) is 5.19. The number of likely N-dealkylation sites (N-methyl/N-ethyl adjacent to an activating group) is 2. The topological polar surface area (TPSA) is 32.5 Å². The molecule has 1 saturated heterocycles. The average molecular weight is 275 g/mol. The lowest BCUT2D eigenvalue weighted by molar-refractivity contribution is 0.104. The minimum atomic E-state index is 0.134. The maximum Gasteiger partial charge on any atom is 0.0310 e. The van der Waals surface area contributed by atoms with Crippen molar-refractivity contribution < 1.29 is 0 Å². The van der Waals surface area contributed by atoms with E-state index in [0.717, 1.165) is 26.1 Å². The Labute approximate surface area is 123 Å². The van der Waals surface area contributed by atoms with Crippen molar-refractivity contribution in [2.45, 2.75) is 38.3 Å². The van der Waals surface area contributed by atoms with Gasteiger partial charge in [-0.2, -0.15) is 0 Å². The van der Waals surface area contributed by atoms with Gasteiger partial charge in [-0.3, -0.25) is 0 Å². The van der Waals surface area contributed by atoms with Crippen molar-refractivity contribution in [2.75, 3.05) is 33.7 Å². The molecule has 1 aromatic rings. The van der Waals surface area contributed by atoms with Crippen LogP contribution < -0.4 is 5.73 Å². The van der Waals surface area contributed by atoms with Gasteiger partial charge >= 0.3 is 0 Å². The van der Waals surface area contributed by atoms with Crippen LogP contribution in [0.2, 0.25) is 0 Å². The predicted molar refractivity (Wildman–Crippen MR) is 86.0 cm³/mol. The molecular formula is C17H29N3. The Balaban J connectivity index is 1.98. The van der Waals surface area contributed by atoms with Crippen LogP contribution in [0.15, 0.2) is 24.3 Å². The Morgan fingerprint density at radius 1 is 1.10 bits per heavy atom. The molecule has 0 radical (unpaired) electrons. The fourth-order valence-corrected chi connectivity index (χ4v) is 2.91. The molecular weight excluding hydrogens is 246 g/mol. The van der Waals surface area contributed by atoms with Gasteiger partial charge in [-0.1, -0.05) is 38.1 Å². The van der Waals surface area contributed by atoms with Crippen LogP contribution in [0.1, 0.15) is 43.4 Å². The Morgan fingerprint density at radius 3 is 2.30 bits per heavy atom. The van der Waals surface area contributed by atoms with Gasteiger partial charge in [0.15, 0.2) is 0 Å². The van der Waals surface area contributed by atoms with Gasteiger partial charge in [0.05, 0.1) is 0 Å². The molecule has 3 nitrogen and oxygen atoms in total. The highest BCUT2D eigenvalue weighted by Gasteiger charge is 2.24. The maximum atomic E-state index is 6.41. The first-order valence-corrected chi connectivity index (χ1v) is 7.71. The van der Waals surface area contributed by atoms with Crippen LogP contribution in [-0.4, -0.2) is 49.6 Å². The first kappa shape index (κ1) is 15.5. The quantitative estimate of drug-likeness (QED) is 0.916. The Morgan fingerprint density at radius 2 is 1.70 bits per heavy atom. The van der Waals surface area contributed by atoms with E-state index in [1.165, 1.54) is 11.1 Å². The summed E-state index contributed by atoms with van der Waals surface area (Å²) in [6.45, 7) is 7.86. The van der Waals surface area contributed by atoms with E-state index in [-0.39, 0.29) is 6.04 Å². The summed E-state index contributed by atoms with van der Waals surface area (Å²) in [6.07, 6.45) is 1.03. The second-order valence-corrected chi connectivity index (χ2v) is 6.56. The second kappa shape index (κ2) is 6.70. The number of hydrogen-bond acceptors (Lipinski definition) is 3. The third kappa shape index (κ3) is 3.81. The number of nitrogens with two attached hydrogens (primary N) is 1. The van der Waals surface area contributed by atoms with E-state index in [4.69, 9.17) is 5.73 Å². The molecule has 1 aliphatic heterocycles. The smallest absolute Gasteiger partial charge is 0.0310 e. The standard InChI is InChI=1S/C17H29N3/c1-13(2)14-5-7-15(8-6-14)17(18)11-16-12-19(3)9-10-20(16)4/h5-8,13,16-17H,9-12,18H2,1-4H3. The van der Waals surface area contributed by atoms with E-state index in [0.29, 0.717) is 12.0 Å². The summed E-state index contributed by atoms with van der Waals surface area (Å²) in [6, 6.07) is 9.54. The minimum absolute atomic E-state index is 0.134. The lowest BCUT2D eigenvalue weighted by Crippen LogP contribution is -2.50. The molecule has 1 aromatic carbocycles. The molecule has 112 valence electrons. The monoisotopic (exact) mass is 275 g/mol. The molecule has 3 heteroatoms. The summed E-state index contributed by atoms with van der Waals surface area (Å²) in [4.78, 5) is 4.85. The van der Waals surface area contributed by atoms with Crippen molar-refractivity contribution in [1.82, 2.24) is 9.80 Å². The van der Waals surface area contributed by atoms with E-state index in [9.17, 15) is 0 Å². The molecule has 2 unspecified atom stereocenters. The van der Waals surface area contributed by atoms with E-state index in [1.54, 1.807) is 0 Å². The molecule has 0 amide bonds. The molecule has 1 aliphatic rings. The van der Waals surface area contributed by atoms with Gasteiger partial charge in [-0.25, -0.2) is 0 Å². The number of nitrogens with zero attached hydrogens (tertiary/aromatic N) is 2. The number of rotatable bonds is 4. The zero-order valence-electron chi connectivity index (χ0n) is 13.3. The van der Waals surface area contributed by atoms with Crippen molar-refractivity contribution in [3.63, 3.8) is 0 Å². The van der Waals surface area contributed by atoms with Gasteiger partial charge in [0.1, 0.15) is 0 Å². The minimum Gasteiger partial charge on any atom is -0.324 e. The largest absolute Gasteiger partial charge is 0.324 e. The molecule has 2 atom stereocenters. The van der Waals surface area contributed by atoms with Crippen LogP contribution in [0.4, 0.5) is 0 Å². The lowest BCUT2D eigenvalue weighted by Gasteiger charge is -2.38. The molecule has 0 spiro atoms. The molecule has 2 rings (SSSR count). The lowest BCUT2D eigenvalue weighted by atomic mass is 9.95. The highest BCUT2D eigenvalue weighted by molar-refractivity contribution is 5.26. The summed E-state index contributed by atoms with van der Waals surface area (Å²) < 4.78 is 0.